The number of hydrogen-bond acceptors (Lipinski definition) is 3. The fraction of sp³-hybridized carbons (Fsp3) is 0.462. The highest BCUT2D eigenvalue weighted by atomic mass is 79.9. The van der Waals surface area contributed by atoms with Crippen LogP contribution in [0.1, 0.15) is 31.4 Å². The van der Waals surface area contributed by atoms with E-state index in [0.717, 1.165) is 17.4 Å². The van der Waals surface area contributed by atoms with Crippen molar-refractivity contribution in [1.82, 2.24) is 5.32 Å². The molecule has 0 aliphatic rings. The van der Waals surface area contributed by atoms with Gasteiger partial charge in [-0.15, -0.1) is 0 Å². The van der Waals surface area contributed by atoms with E-state index in [1.165, 1.54) is 12.7 Å². The van der Waals surface area contributed by atoms with Crippen LogP contribution < -0.4 is 5.32 Å². The monoisotopic (exact) mass is 299 g/mol. The Morgan fingerprint density at radius 2 is 2.06 bits per heavy atom. The molecule has 4 heteroatoms. The van der Waals surface area contributed by atoms with Gasteiger partial charge in [0, 0.05) is 16.9 Å². The fourth-order valence-electron chi connectivity index (χ4n) is 1.52. The number of nitrogens with one attached hydrogen (secondary N) is 1. The first-order chi connectivity index (χ1) is 8.13. The molecule has 1 rings (SSSR count). The van der Waals surface area contributed by atoms with E-state index in [1.54, 1.807) is 0 Å². The molecular formula is C13H18BrNO2. The number of halogens is 1. The Morgan fingerprint density at radius 1 is 1.41 bits per heavy atom. The summed E-state index contributed by atoms with van der Waals surface area (Å²) in [6.07, 6.45) is 1.27. The molecule has 17 heavy (non-hydrogen) atoms. The Balaban J connectivity index is 2.27. The van der Waals surface area contributed by atoms with Crippen molar-refractivity contribution in [2.75, 3.05) is 13.7 Å². The van der Waals surface area contributed by atoms with E-state index in [0.29, 0.717) is 12.5 Å². The zero-order valence-corrected chi connectivity index (χ0v) is 11.8. The third-order valence-corrected chi connectivity index (χ3v) is 3.13. The van der Waals surface area contributed by atoms with E-state index in [-0.39, 0.29) is 5.97 Å². The molecule has 0 bridgehead atoms. The van der Waals surface area contributed by atoms with E-state index in [1.807, 2.05) is 12.1 Å². The van der Waals surface area contributed by atoms with Crippen molar-refractivity contribution < 1.29 is 9.53 Å². The predicted molar refractivity (Wildman–Crippen MR) is 71.8 cm³/mol. The van der Waals surface area contributed by atoms with Gasteiger partial charge in [0.2, 0.25) is 0 Å². The van der Waals surface area contributed by atoms with Crippen molar-refractivity contribution in [3.63, 3.8) is 0 Å². The van der Waals surface area contributed by atoms with Crippen molar-refractivity contribution in [2.45, 2.75) is 25.8 Å². The van der Waals surface area contributed by atoms with Gasteiger partial charge in [-0.25, -0.2) is 0 Å². The summed E-state index contributed by atoms with van der Waals surface area (Å²) in [5.41, 5.74) is 1.24. The minimum atomic E-state index is -0.150. The van der Waals surface area contributed by atoms with Crippen LogP contribution in [-0.2, 0) is 9.53 Å². The number of methoxy groups -OCH3 is 1. The van der Waals surface area contributed by atoms with Crippen LogP contribution in [0.4, 0.5) is 0 Å². The zero-order valence-electron chi connectivity index (χ0n) is 10.2. The van der Waals surface area contributed by atoms with Crippen molar-refractivity contribution >= 4 is 21.9 Å². The minimum absolute atomic E-state index is 0.150. The molecule has 0 spiro atoms. The molecule has 3 nitrogen and oxygen atoms in total. The van der Waals surface area contributed by atoms with Gasteiger partial charge in [0.05, 0.1) is 7.11 Å². The lowest BCUT2D eigenvalue weighted by molar-refractivity contribution is -0.140. The van der Waals surface area contributed by atoms with Gasteiger partial charge in [-0.05, 0) is 37.6 Å². The maximum absolute atomic E-state index is 10.9. The van der Waals surface area contributed by atoms with Crippen LogP contribution in [0, 0.1) is 0 Å². The lowest BCUT2D eigenvalue weighted by Gasteiger charge is -2.14. The Kier molecular flexibility index (Phi) is 6.22. The fourth-order valence-corrected chi connectivity index (χ4v) is 1.79. The van der Waals surface area contributed by atoms with Crippen LogP contribution in [0.2, 0.25) is 0 Å². The Morgan fingerprint density at radius 3 is 2.65 bits per heavy atom. The third kappa shape index (κ3) is 5.33. The summed E-state index contributed by atoms with van der Waals surface area (Å²) in [5.74, 6) is -0.150. The molecule has 0 aliphatic heterocycles. The average molecular weight is 300 g/mol. The van der Waals surface area contributed by atoms with Crippen molar-refractivity contribution in [3.05, 3.63) is 34.3 Å². The van der Waals surface area contributed by atoms with E-state index < -0.39 is 0 Å². The zero-order chi connectivity index (χ0) is 12.7. The highest BCUT2D eigenvalue weighted by Gasteiger charge is 2.05. The maximum atomic E-state index is 10.9. The van der Waals surface area contributed by atoms with Gasteiger partial charge in [-0.3, -0.25) is 4.79 Å². The molecular weight excluding hydrogens is 282 g/mol. The van der Waals surface area contributed by atoms with Crippen LogP contribution >= 0.6 is 15.9 Å². The third-order valence-electron chi connectivity index (χ3n) is 2.61. The van der Waals surface area contributed by atoms with Crippen LogP contribution in [-0.4, -0.2) is 19.6 Å². The molecule has 0 fully saturated rings. The molecule has 0 aliphatic carbocycles. The van der Waals surface area contributed by atoms with Crippen LogP contribution in [0.15, 0.2) is 28.7 Å². The number of carbonyl (C=O) groups excluding carboxylic acids is 1. The van der Waals surface area contributed by atoms with Crippen LogP contribution in [0.25, 0.3) is 0 Å². The number of rotatable bonds is 6. The highest BCUT2D eigenvalue weighted by molar-refractivity contribution is 9.10. The average Bonchev–Trinajstić information content (AvgIpc) is 2.34. The summed E-state index contributed by atoms with van der Waals surface area (Å²) < 4.78 is 5.67. The number of esters is 1. The summed E-state index contributed by atoms with van der Waals surface area (Å²) in [5, 5.41) is 3.37. The van der Waals surface area contributed by atoms with Crippen LogP contribution in [0.3, 0.4) is 0 Å². The minimum Gasteiger partial charge on any atom is -0.469 e. The van der Waals surface area contributed by atoms with Gasteiger partial charge in [0.15, 0.2) is 0 Å². The second-order valence-corrected chi connectivity index (χ2v) is 4.82. The van der Waals surface area contributed by atoms with Gasteiger partial charge < -0.3 is 10.1 Å². The molecule has 0 amide bonds. The van der Waals surface area contributed by atoms with Crippen molar-refractivity contribution in [1.29, 1.82) is 0 Å². The Hall–Kier alpha value is -0.870. The molecule has 0 aromatic heterocycles. The normalized spacial score (nSPS) is 12.2. The van der Waals surface area contributed by atoms with Gasteiger partial charge in [-0.2, -0.15) is 0 Å². The summed E-state index contributed by atoms with van der Waals surface area (Å²) in [6.45, 7) is 2.92. The van der Waals surface area contributed by atoms with E-state index in [4.69, 9.17) is 0 Å². The molecule has 1 N–H and O–H groups in total. The summed E-state index contributed by atoms with van der Waals surface area (Å²) in [7, 11) is 1.42. The molecule has 0 saturated heterocycles. The van der Waals surface area contributed by atoms with Crippen LogP contribution in [0.5, 0.6) is 0 Å². The number of ether oxygens (including phenoxy) is 1. The van der Waals surface area contributed by atoms with E-state index in [9.17, 15) is 4.79 Å². The second kappa shape index (κ2) is 7.45. The first-order valence-corrected chi connectivity index (χ1v) is 6.48. The van der Waals surface area contributed by atoms with Gasteiger partial charge in [0.1, 0.15) is 0 Å². The predicted octanol–water partition coefficient (Wildman–Crippen LogP) is 3.05. The molecule has 1 atom stereocenters. The SMILES string of the molecule is COC(=O)CCCN[C@H](C)c1ccc(Br)cc1. The van der Waals surface area contributed by atoms with Gasteiger partial charge in [0.25, 0.3) is 0 Å². The summed E-state index contributed by atoms with van der Waals surface area (Å²) >= 11 is 3.41. The molecule has 0 saturated carbocycles. The molecule has 1 aromatic carbocycles. The van der Waals surface area contributed by atoms with Gasteiger partial charge in [-0.1, -0.05) is 28.1 Å². The highest BCUT2D eigenvalue weighted by Crippen LogP contribution is 2.16. The standard InChI is InChI=1S/C13H18BrNO2/c1-10(11-5-7-12(14)8-6-11)15-9-3-4-13(16)17-2/h5-8,10,15H,3-4,9H2,1-2H3/t10-/m1/s1. The quantitative estimate of drug-likeness (QED) is 0.648. The van der Waals surface area contributed by atoms with Crippen molar-refractivity contribution in [2.24, 2.45) is 0 Å². The summed E-state index contributed by atoms with van der Waals surface area (Å²) in [4.78, 5) is 10.9. The van der Waals surface area contributed by atoms with E-state index in [2.05, 4.69) is 45.0 Å². The molecule has 0 radical (unpaired) electrons. The largest absolute Gasteiger partial charge is 0.469 e. The maximum Gasteiger partial charge on any atom is 0.305 e. The second-order valence-electron chi connectivity index (χ2n) is 3.91. The number of hydrogen-bond donors (Lipinski definition) is 1. The molecule has 0 unspecified atom stereocenters. The summed E-state index contributed by atoms with van der Waals surface area (Å²) in [6, 6.07) is 8.52. The molecule has 1 aromatic rings. The van der Waals surface area contributed by atoms with Crippen molar-refractivity contribution in [3.8, 4) is 0 Å². The lowest BCUT2D eigenvalue weighted by atomic mass is 10.1. The van der Waals surface area contributed by atoms with Gasteiger partial charge >= 0.3 is 5.97 Å². The molecule has 0 heterocycles. The Labute approximate surface area is 111 Å². The lowest BCUT2D eigenvalue weighted by Crippen LogP contribution is -2.20. The Bertz CT molecular complexity index is 351. The first kappa shape index (κ1) is 14.2. The first-order valence-electron chi connectivity index (χ1n) is 5.69. The molecule has 94 valence electrons. The van der Waals surface area contributed by atoms with E-state index >= 15 is 0 Å². The smallest absolute Gasteiger partial charge is 0.305 e. The number of carbonyl (C=O) groups is 1. The topological polar surface area (TPSA) is 38.3 Å². The number of benzene rings is 1.